The highest BCUT2D eigenvalue weighted by Gasteiger charge is 2.25. The molecule has 0 radical (unpaired) electrons. The summed E-state index contributed by atoms with van der Waals surface area (Å²) in [5.41, 5.74) is 0.552. The lowest BCUT2D eigenvalue weighted by atomic mass is 10.2. The molecule has 5 nitrogen and oxygen atoms in total. The number of carbonyl (C=O) groups excluding carboxylic acids is 1. The second-order valence-electron chi connectivity index (χ2n) is 4.32. The number of pyridine rings is 1. The third kappa shape index (κ3) is 2.61. The number of hydrogen-bond donors (Lipinski definition) is 1. The lowest BCUT2D eigenvalue weighted by molar-refractivity contribution is 0.0526. The molecule has 0 bridgehead atoms. The van der Waals surface area contributed by atoms with Gasteiger partial charge in [-0.3, -0.25) is 0 Å². The zero-order valence-corrected chi connectivity index (χ0v) is 10.8. The Morgan fingerprint density at radius 1 is 1.67 bits per heavy atom. The monoisotopic (exact) mass is 249 g/mol. The predicted octanol–water partition coefficient (Wildman–Crippen LogP) is 1.06. The minimum Gasteiger partial charge on any atom is -0.462 e. The van der Waals surface area contributed by atoms with Crippen molar-refractivity contribution in [1.29, 1.82) is 0 Å². The van der Waals surface area contributed by atoms with Crippen molar-refractivity contribution >= 4 is 11.8 Å². The van der Waals surface area contributed by atoms with Crippen LogP contribution in [0, 0.1) is 0 Å². The van der Waals surface area contributed by atoms with Crippen LogP contribution in [0.2, 0.25) is 0 Å². The van der Waals surface area contributed by atoms with Crippen LogP contribution >= 0.6 is 0 Å². The molecule has 0 aromatic carbocycles. The van der Waals surface area contributed by atoms with Gasteiger partial charge in [-0.2, -0.15) is 0 Å². The normalized spacial score (nSPS) is 19.0. The van der Waals surface area contributed by atoms with Crippen LogP contribution in [-0.2, 0) is 4.74 Å². The predicted molar refractivity (Wildman–Crippen MR) is 69.9 cm³/mol. The zero-order chi connectivity index (χ0) is 13.0. The highest BCUT2D eigenvalue weighted by atomic mass is 16.5. The molecule has 2 heterocycles. The molecule has 0 saturated carbocycles. The number of ether oxygens (including phenoxy) is 1. The average Bonchev–Trinajstić information content (AvgIpc) is 2.87. The maximum atomic E-state index is 11.9. The number of rotatable bonds is 4. The molecule has 1 aliphatic heterocycles. The summed E-state index contributed by atoms with van der Waals surface area (Å²) in [5.74, 6) is 0.433. The van der Waals surface area contributed by atoms with Gasteiger partial charge in [0, 0.05) is 25.3 Å². The molecule has 1 fully saturated rings. The van der Waals surface area contributed by atoms with E-state index in [0.29, 0.717) is 18.2 Å². The standard InChI is InChI=1S/C13H19N3O2/c1-3-18-13(17)11-5-4-7-15-12(11)16-8-6-10(9-16)14-2/h4-5,7,10,14H,3,6,8-9H2,1-2H3. The van der Waals surface area contributed by atoms with Crippen LogP contribution in [0.1, 0.15) is 23.7 Å². The van der Waals surface area contributed by atoms with E-state index in [1.165, 1.54) is 0 Å². The first-order valence-corrected chi connectivity index (χ1v) is 6.30. The Morgan fingerprint density at radius 2 is 2.50 bits per heavy atom. The van der Waals surface area contributed by atoms with Crippen molar-refractivity contribution in [2.45, 2.75) is 19.4 Å². The van der Waals surface area contributed by atoms with E-state index in [0.717, 1.165) is 25.3 Å². The number of likely N-dealkylation sites (N-methyl/N-ethyl adjacent to an activating group) is 1. The van der Waals surface area contributed by atoms with Gasteiger partial charge in [0.1, 0.15) is 11.4 Å². The van der Waals surface area contributed by atoms with Crippen LogP contribution in [0.5, 0.6) is 0 Å². The Labute approximate surface area is 107 Å². The zero-order valence-electron chi connectivity index (χ0n) is 10.8. The first-order valence-electron chi connectivity index (χ1n) is 6.30. The Hall–Kier alpha value is -1.62. The number of esters is 1. The maximum absolute atomic E-state index is 11.9. The molecule has 1 N–H and O–H groups in total. The van der Waals surface area contributed by atoms with E-state index in [1.54, 1.807) is 25.3 Å². The summed E-state index contributed by atoms with van der Waals surface area (Å²) in [6.45, 7) is 3.97. The quantitative estimate of drug-likeness (QED) is 0.809. The molecule has 1 unspecified atom stereocenters. The summed E-state index contributed by atoms with van der Waals surface area (Å²) in [7, 11) is 1.96. The molecule has 1 aliphatic rings. The second-order valence-corrected chi connectivity index (χ2v) is 4.32. The molecule has 2 rings (SSSR count). The topological polar surface area (TPSA) is 54.5 Å². The largest absolute Gasteiger partial charge is 0.462 e. The third-order valence-electron chi connectivity index (χ3n) is 3.18. The van der Waals surface area contributed by atoms with E-state index in [1.807, 2.05) is 7.05 Å². The van der Waals surface area contributed by atoms with Crippen molar-refractivity contribution in [3.63, 3.8) is 0 Å². The van der Waals surface area contributed by atoms with Gasteiger partial charge in [0.15, 0.2) is 0 Å². The van der Waals surface area contributed by atoms with Gasteiger partial charge in [-0.05, 0) is 32.5 Å². The van der Waals surface area contributed by atoms with Crippen LogP contribution in [0.25, 0.3) is 0 Å². The van der Waals surface area contributed by atoms with Gasteiger partial charge in [0.25, 0.3) is 0 Å². The van der Waals surface area contributed by atoms with Crippen LogP contribution in [0.4, 0.5) is 5.82 Å². The summed E-state index contributed by atoms with van der Waals surface area (Å²) in [6.07, 6.45) is 2.78. The fourth-order valence-electron chi connectivity index (χ4n) is 2.21. The highest BCUT2D eigenvalue weighted by Crippen LogP contribution is 2.22. The van der Waals surface area contributed by atoms with Crippen molar-refractivity contribution in [3.8, 4) is 0 Å². The Morgan fingerprint density at radius 3 is 3.17 bits per heavy atom. The summed E-state index contributed by atoms with van der Waals surface area (Å²) < 4.78 is 5.06. The number of anilines is 1. The molecule has 1 atom stereocenters. The number of aromatic nitrogens is 1. The summed E-state index contributed by atoms with van der Waals surface area (Å²) in [4.78, 5) is 18.3. The van der Waals surface area contributed by atoms with Gasteiger partial charge >= 0.3 is 5.97 Å². The Balaban J connectivity index is 2.20. The molecular weight excluding hydrogens is 230 g/mol. The van der Waals surface area contributed by atoms with Crippen LogP contribution < -0.4 is 10.2 Å². The highest BCUT2D eigenvalue weighted by molar-refractivity contribution is 5.94. The molecule has 0 spiro atoms. The van der Waals surface area contributed by atoms with Gasteiger partial charge in [-0.1, -0.05) is 0 Å². The van der Waals surface area contributed by atoms with Crippen molar-refractivity contribution in [1.82, 2.24) is 10.3 Å². The molecular formula is C13H19N3O2. The number of carbonyl (C=O) groups is 1. The van der Waals surface area contributed by atoms with E-state index in [2.05, 4.69) is 15.2 Å². The fourth-order valence-corrected chi connectivity index (χ4v) is 2.21. The Kier molecular flexibility index (Phi) is 4.15. The number of hydrogen-bond acceptors (Lipinski definition) is 5. The maximum Gasteiger partial charge on any atom is 0.341 e. The van der Waals surface area contributed by atoms with Crippen molar-refractivity contribution < 1.29 is 9.53 Å². The smallest absolute Gasteiger partial charge is 0.341 e. The van der Waals surface area contributed by atoms with E-state index in [9.17, 15) is 4.79 Å². The van der Waals surface area contributed by atoms with Gasteiger partial charge < -0.3 is 15.0 Å². The lowest BCUT2D eigenvalue weighted by Gasteiger charge is -2.19. The molecule has 1 aromatic rings. The first-order chi connectivity index (χ1) is 8.76. The van der Waals surface area contributed by atoms with E-state index in [-0.39, 0.29) is 5.97 Å². The van der Waals surface area contributed by atoms with E-state index < -0.39 is 0 Å². The fraction of sp³-hybridized carbons (Fsp3) is 0.538. The SMILES string of the molecule is CCOC(=O)c1cccnc1N1CCC(NC)C1. The molecule has 18 heavy (non-hydrogen) atoms. The lowest BCUT2D eigenvalue weighted by Crippen LogP contribution is -2.30. The van der Waals surface area contributed by atoms with Crippen LogP contribution in [-0.4, -0.2) is 43.7 Å². The van der Waals surface area contributed by atoms with Crippen molar-refractivity contribution in [2.24, 2.45) is 0 Å². The van der Waals surface area contributed by atoms with Gasteiger partial charge in [-0.25, -0.2) is 9.78 Å². The van der Waals surface area contributed by atoms with Gasteiger partial charge in [0.05, 0.1) is 6.61 Å². The molecule has 1 saturated heterocycles. The molecule has 0 aliphatic carbocycles. The minimum atomic E-state index is -0.298. The van der Waals surface area contributed by atoms with Gasteiger partial charge in [-0.15, -0.1) is 0 Å². The molecule has 1 aromatic heterocycles. The van der Waals surface area contributed by atoms with Crippen LogP contribution in [0.3, 0.4) is 0 Å². The number of nitrogens with zero attached hydrogens (tertiary/aromatic N) is 2. The van der Waals surface area contributed by atoms with E-state index in [4.69, 9.17) is 4.74 Å². The third-order valence-corrected chi connectivity index (χ3v) is 3.18. The van der Waals surface area contributed by atoms with E-state index >= 15 is 0 Å². The summed E-state index contributed by atoms with van der Waals surface area (Å²) >= 11 is 0. The summed E-state index contributed by atoms with van der Waals surface area (Å²) in [6, 6.07) is 4.00. The molecule has 0 amide bonds. The minimum absolute atomic E-state index is 0.298. The first kappa shape index (κ1) is 12.8. The Bertz CT molecular complexity index is 422. The second kappa shape index (κ2) is 5.82. The van der Waals surface area contributed by atoms with Crippen molar-refractivity contribution in [2.75, 3.05) is 31.6 Å². The average molecular weight is 249 g/mol. The van der Waals surface area contributed by atoms with Crippen molar-refractivity contribution in [3.05, 3.63) is 23.9 Å². The number of nitrogens with one attached hydrogen (secondary N) is 1. The molecule has 5 heteroatoms. The molecule has 98 valence electrons. The summed E-state index contributed by atoms with van der Waals surface area (Å²) in [5, 5.41) is 3.25. The van der Waals surface area contributed by atoms with Crippen LogP contribution in [0.15, 0.2) is 18.3 Å². The van der Waals surface area contributed by atoms with Gasteiger partial charge in [0.2, 0.25) is 0 Å².